The van der Waals surface area contributed by atoms with Crippen LogP contribution in [0.4, 0.5) is 10.5 Å². The molecule has 1 aliphatic rings. The van der Waals surface area contributed by atoms with E-state index in [-0.39, 0.29) is 18.4 Å². The molecule has 0 fully saturated rings. The van der Waals surface area contributed by atoms with Gasteiger partial charge in [-0.05, 0) is 46.5 Å². The lowest BCUT2D eigenvalue weighted by atomic mass is 9.98. The zero-order valence-corrected chi connectivity index (χ0v) is 15.0. The van der Waals surface area contributed by atoms with Crippen LogP contribution < -0.4 is 11.1 Å². The molecule has 140 valence electrons. The minimum absolute atomic E-state index is 0.00712. The van der Waals surface area contributed by atoms with Crippen LogP contribution in [0, 0.1) is 0 Å². The van der Waals surface area contributed by atoms with Crippen molar-refractivity contribution in [3.05, 3.63) is 89.5 Å². The van der Waals surface area contributed by atoms with Crippen LogP contribution in [0.5, 0.6) is 0 Å². The summed E-state index contributed by atoms with van der Waals surface area (Å²) in [5, 5.41) is 14.3. The molecule has 0 aromatic heterocycles. The highest BCUT2D eigenvalue weighted by Crippen LogP contribution is 2.44. The van der Waals surface area contributed by atoms with E-state index >= 15 is 0 Å². The number of nitrogens with zero attached hydrogens (tertiary/aromatic N) is 1. The molecule has 28 heavy (non-hydrogen) atoms. The average Bonchev–Trinajstić information content (AvgIpc) is 3.06. The summed E-state index contributed by atoms with van der Waals surface area (Å²) in [4.78, 5) is 12.2. The molecule has 3 aromatic carbocycles. The summed E-state index contributed by atoms with van der Waals surface area (Å²) in [6, 6.07) is 23.0. The van der Waals surface area contributed by atoms with Crippen molar-refractivity contribution in [3.8, 4) is 11.1 Å². The van der Waals surface area contributed by atoms with E-state index in [1.807, 2.05) is 24.3 Å². The Morgan fingerprint density at radius 1 is 0.964 bits per heavy atom. The number of anilines is 1. The number of amides is 1. The first-order chi connectivity index (χ1) is 13.7. The van der Waals surface area contributed by atoms with Crippen molar-refractivity contribution in [3.63, 3.8) is 0 Å². The molecule has 1 amide bonds. The number of hydrogen-bond acceptors (Lipinski definition) is 4. The quantitative estimate of drug-likeness (QED) is 0.277. The third-order valence-corrected chi connectivity index (χ3v) is 4.88. The summed E-state index contributed by atoms with van der Waals surface area (Å²) in [5.74, 6) is 0.0220. The zero-order valence-electron chi connectivity index (χ0n) is 15.0. The summed E-state index contributed by atoms with van der Waals surface area (Å²) >= 11 is 0. The van der Waals surface area contributed by atoms with Gasteiger partial charge in [-0.15, -0.1) is 0 Å². The Morgan fingerprint density at radius 3 is 2.11 bits per heavy atom. The fourth-order valence-corrected chi connectivity index (χ4v) is 3.53. The van der Waals surface area contributed by atoms with Gasteiger partial charge in [-0.3, -0.25) is 5.32 Å². The van der Waals surface area contributed by atoms with Gasteiger partial charge in [0.05, 0.1) is 0 Å². The number of nitrogens with two attached hydrogens (primary N) is 1. The van der Waals surface area contributed by atoms with Gasteiger partial charge < -0.3 is 15.7 Å². The molecule has 1 aliphatic carbocycles. The second kappa shape index (κ2) is 7.44. The summed E-state index contributed by atoms with van der Waals surface area (Å²) < 4.78 is 5.50. The van der Waals surface area contributed by atoms with Crippen molar-refractivity contribution in [2.24, 2.45) is 10.9 Å². The van der Waals surface area contributed by atoms with Crippen molar-refractivity contribution in [2.45, 2.75) is 5.92 Å². The van der Waals surface area contributed by atoms with Crippen LogP contribution in [0.2, 0.25) is 0 Å². The van der Waals surface area contributed by atoms with E-state index < -0.39 is 6.09 Å². The second-order valence-corrected chi connectivity index (χ2v) is 6.51. The van der Waals surface area contributed by atoms with E-state index in [0.717, 1.165) is 0 Å². The first-order valence-electron chi connectivity index (χ1n) is 8.87. The monoisotopic (exact) mass is 373 g/mol. The zero-order chi connectivity index (χ0) is 19.5. The highest BCUT2D eigenvalue weighted by atomic mass is 16.5. The fourth-order valence-electron chi connectivity index (χ4n) is 3.53. The van der Waals surface area contributed by atoms with Gasteiger partial charge in [-0.1, -0.05) is 53.7 Å². The molecule has 0 aliphatic heterocycles. The van der Waals surface area contributed by atoms with Gasteiger partial charge in [0.25, 0.3) is 0 Å². The molecular formula is C22H19N3O3. The molecule has 0 saturated heterocycles. The summed E-state index contributed by atoms with van der Waals surface area (Å²) in [6.45, 7) is 0.252. The average molecular weight is 373 g/mol. The Kier molecular flexibility index (Phi) is 4.68. The van der Waals surface area contributed by atoms with Crippen molar-refractivity contribution >= 4 is 17.6 Å². The highest BCUT2D eigenvalue weighted by Gasteiger charge is 2.28. The maximum absolute atomic E-state index is 12.2. The first kappa shape index (κ1) is 17.6. The summed E-state index contributed by atoms with van der Waals surface area (Å²) in [6.07, 6.45) is -0.529. The Labute approximate surface area is 162 Å². The van der Waals surface area contributed by atoms with Crippen molar-refractivity contribution < 1.29 is 14.7 Å². The van der Waals surface area contributed by atoms with E-state index in [2.05, 4.69) is 34.7 Å². The molecule has 0 bridgehead atoms. The number of nitrogens with one attached hydrogen (secondary N) is 1. The van der Waals surface area contributed by atoms with E-state index in [1.165, 1.54) is 22.3 Å². The van der Waals surface area contributed by atoms with Crippen LogP contribution in [0.3, 0.4) is 0 Å². The SMILES string of the molecule is N/C(=N\O)c1ccc(NC(=O)OCC2c3ccccc3-c3ccccc32)cc1. The van der Waals surface area contributed by atoms with Crippen LogP contribution in [0.1, 0.15) is 22.6 Å². The molecule has 6 nitrogen and oxygen atoms in total. The van der Waals surface area contributed by atoms with Crippen LogP contribution in [-0.4, -0.2) is 23.7 Å². The molecule has 3 aromatic rings. The summed E-state index contributed by atoms with van der Waals surface area (Å²) in [5.41, 5.74) is 11.4. The van der Waals surface area contributed by atoms with E-state index in [9.17, 15) is 4.79 Å². The lowest BCUT2D eigenvalue weighted by molar-refractivity contribution is 0.158. The minimum atomic E-state index is -0.529. The van der Waals surface area contributed by atoms with Crippen molar-refractivity contribution in [1.29, 1.82) is 0 Å². The molecule has 0 unspecified atom stereocenters. The maximum atomic E-state index is 12.2. The molecule has 6 heteroatoms. The number of hydrogen-bond donors (Lipinski definition) is 3. The molecule has 4 N–H and O–H groups in total. The number of carbonyl (C=O) groups excluding carboxylic acids is 1. The molecule has 4 rings (SSSR count). The molecule has 0 radical (unpaired) electrons. The molecular weight excluding hydrogens is 354 g/mol. The fraction of sp³-hybridized carbons (Fsp3) is 0.0909. The van der Waals surface area contributed by atoms with Crippen LogP contribution in [-0.2, 0) is 4.74 Å². The van der Waals surface area contributed by atoms with E-state index in [1.54, 1.807) is 24.3 Å². The van der Waals surface area contributed by atoms with E-state index in [4.69, 9.17) is 15.7 Å². The third-order valence-electron chi connectivity index (χ3n) is 4.88. The second-order valence-electron chi connectivity index (χ2n) is 6.51. The van der Waals surface area contributed by atoms with Crippen molar-refractivity contribution in [1.82, 2.24) is 0 Å². The standard InChI is InChI=1S/C22H19N3O3/c23-21(25-27)14-9-11-15(12-10-14)24-22(26)28-13-20-18-7-3-1-5-16(18)17-6-2-4-8-19(17)20/h1-12,20,27H,13H2,(H2,23,25)(H,24,26). The Morgan fingerprint density at radius 2 is 1.54 bits per heavy atom. The Bertz CT molecular complexity index is 999. The van der Waals surface area contributed by atoms with Gasteiger partial charge in [-0.25, -0.2) is 4.79 Å². The van der Waals surface area contributed by atoms with Gasteiger partial charge in [0.2, 0.25) is 0 Å². The van der Waals surface area contributed by atoms with E-state index in [0.29, 0.717) is 11.3 Å². The lowest BCUT2D eigenvalue weighted by Gasteiger charge is -2.14. The topological polar surface area (TPSA) is 96.9 Å². The molecule has 0 heterocycles. The van der Waals surface area contributed by atoms with Gasteiger partial charge in [-0.2, -0.15) is 0 Å². The number of fused-ring (bicyclic) bond motifs is 3. The predicted octanol–water partition coefficient (Wildman–Crippen LogP) is 4.14. The number of carbonyl (C=O) groups is 1. The molecule has 0 saturated carbocycles. The van der Waals surface area contributed by atoms with Gasteiger partial charge in [0, 0.05) is 17.2 Å². The third kappa shape index (κ3) is 3.27. The lowest BCUT2D eigenvalue weighted by Crippen LogP contribution is -2.18. The Hall–Kier alpha value is -3.80. The smallest absolute Gasteiger partial charge is 0.411 e. The summed E-state index contributed by atoms with van der Waals surface area (Å²) in [7, 11) is 0. The minimum Gasteiger partial charge on any atom is -0.448 e. The number of oxime groups is 1. The van der Waals surface area contributed by atoms with Gasteiger partial charge in [0.15, 0.2) is 5.84 Å². The maximum Gasteiger partial charge on any atom is 0.411 e. The largest absolute Gasteiger partial charge is 0.448 e. The Balaban J connectivity index is 1.44. The van der Waals surface area contributed by atoms with Gasteiger partial charge >= 0.3 is 6.09 Å². The molecule has 0 spiro atoms. The first-order valence-corrected chi connectivity index (χ1v) is 8.87. The van der Waals surface area contributed by atoms with Crippen LogP contribution in [0.15, 0.2) is 78.0 Å². The number of benzene rings is 3. The van der Waals surface area contributed by atoms with Crippen LogP contribution >= 0.6 is 0 Å². The normalized spacial score (nSPS) is 12.9. The number of rotatable bonds is 4. The van der Waals surface area contributed by atoms with Gasteiger partial charge in [0.1, 0.15) is 6.61 Å². The predicted molar refractivity (Wildman–Crippen MR) is 108 cm³/mol. The molecule has 0 atom stereocenters. The van der Waals surface area contributed by atoms with Crippen LogP contribution in [0.25, 0.3) is 11.1 Å². The highest BCUT2D eigenvalue weighted by molar-refractivity contribution is 5.97. The number of amidine groups is 1. The van der Waals surface area contributed by atoms with Crippen molar-refractivity contribution in [2.75, 3.05) is 11.9 Å². The number of ether oxygens (including phenoxy) is 1.